The van der Waals surface area contributed by atoms with E-state index in [1.807, 2.05) is 24.3 Å². The Morgan fingerprint density at radius 1 is 1.31 bits per heavy atom. The minimum absolute atomic E-state index is 0.419. The maximum absolute atomic E-state index is 4.95. The topological polar surface area (TPSA) is 46.5 Å². The third-order valence-corrected chi connectivity index (χ3v) is 2.35. The number of aromatic nitrogens is 4. The molecule has 0 amide bonds. The SMILES string of the molecule is S=c1nn[nH]n1-c1ccc(Br)cc1. The molecule has 2 aromatic rings. The molecule has 13 heavy (non-hydrogen) atoms. The fourth-order valence-electron chi connectivity index (χ4n) is 0.956. The van der Waals surface area contributed by atoms with Gasteiger partial charge in [0.2, 0.25) is 4.77 Å². The van der Waals surface area contributed by atoms with Gasteiger partial charge in [-0.1, -0.05) is 26.2 Å². The van der Waals surface area contributed by atoms with Crippen LogP contribution < -0.4 is 0 Å². The van der Waals surface area contributed by atoms with Crippen molar-refractivity contribution < 1.29 is 0 Å². The lowest BCUT2D eigenvalue weighted by atomic mass is 10.3. The van der Waals surface area contributed by atoms with Gasteiger partial charge in [0, 0.05) is 4.47 Å². The molecule has 0 aliphatic rings. The van der Waals surface area contributed by atoms with Crippen molar-refractivity contribution in [2.24, 2.45) is 0 Å². The fraction of sp³-hybridized carbons (Fsp3) is 0. The molecule has 2 rings (SSSR count). The van der Waals surface area contributed by atoms with Gasteiger partial charge in [-0.05, 0) is 36.5 Å². The van der Waals surface area contributed by atoms with Gasteiger partial charge in [0.05, 0.1) is 5.69 Å². The minimum Gasteiger partial charge on any atom is -0.210 e. The summed E-state index contributed by atoms with van der Waals surface area (Å²) in [7, 11) is 0. The van der Waals surface area contributed by atoms with Gasteiger partial charge in [0.15, 0.2) is 0 Å². The van der Waals surface area contributed by atoms with Crippen LogP contribution in [-0.4, -0.2) is 20.2 Å². The van der Waals surface area contributed by atoms with E-state index in [0.29, 0.717) is 4.77 Å². The molecular formula is C7H5BrN4S. The van der Waals surface area contributed by atoms with E-state index in [2.05, 4.69) is 31.5 Å². The van der Waals surface area contributed by atoms with Gasteiger partial charge in [0.25, 0.3) is 0 Å². The maximum Gasteiger partial charge on any atom is 0.242 e. The molecule has 0 saturated heterocycles. The van der Waals surface area contributed by atoms with Crippen molar-refractivity contribution in [3.8, 4) is 5.69 Å². The van der Waals surface area contributed by atoms with Crippen LogP contribution in [0.2, 0.25) is 0 Å². The highest BCUT2D eigenvalue weighted by molar-refractivity contribution is 9.10. The number of hydrogen-bond donors (Lipinski definition) is 1. The van der Waals surface area contributed by atoms with Crippen molar-refractivity contribution in [1.29, 1.82) is 0 Å². The second-order valence-corrected chi connectivity index (χ2v) is 3.68. The summed E-state index contributed by atoms with van der Waals surface area (Å²) >= 11 is 8.30. The first-order valence-electron chi connectivity index (χ1n) is 3.53. The van der Waals surface area contributed by atoms with Crippen molar-refractivity contribution in [2.75, 3.05) is 0 Å². The van der Waals surface area contributed by atoms with Crippen LogP contribution in [0.1, 0.15) is 0 Å². The van der Waals surface area contributed by atoms with Crippen LogP contribution in [0.5, 0.6) is 0 Å². The van der Waals surface area contributed by atoms with E-state index in [-0.39, 0.29) is 0 Å². The molecule has 1 aromatic heterocycles. The average Bonchev–Trinajstić information content (AvgIpc) is 2.53. The third kappa shape index (κ3) is 1.68. The molecule has 0 bridgehead atoms. The standard InChI is InChI=1S/C7H5BrN4S/c8-5-1-3-6(4-2-5)12-7(13)9-10-11-12/h1-4H,(H,9,11,13). The second-order valence-electron chi connectivity index (χ2n) is 2.39. The highest BCUT2D eigenvalue weighted by Gasteiger charge is 1.97. The zero-order valence-corrected chi connectivity index (χ0v) is 8.84. The van der Waals surface area contributed by atoms with Gasteiger partial charge in [-0.25, -0.2) is 4.68 Å². The lowest BCUT2D eigenvalue weighted by Crippen LogP contribution is -1.95. The molecule has 0 atom stereocenters. The van der Waals surface area contributed by atoms with E-state index in [9.17, 15) is 0 Å². The molecular weight excluding hydrogens is 252 g/mol. The molecule has 0 aliphatic heterocycles. The van der Waals surface area contributed by atoms with Crippen molar-refractivity contribution in [3.05, 3.63) is 33.5 Å². The van der Waals surface area contributed by atoms with E-state index in [0.717, 1.165) is 10.2 Å². The fourth-order valence-corrected chi connectivity index (χ4v) is 1.41. The predicted molar refractivity (Wildman–Crippen MR) is 54.2 cm³/mol. The van der Waals surface area contributed by atoms with Gasteiger partial charge in [-0.2, -0.15) is 5.21 Å². The van der Waals surface area contributed by atoms with E-state index in [4.69, 9.17) is 12.2 Å². The smallest absolute Gasteiger partial charge is 0.210 e. The Balaban J connectivity index is 2.54. The number of H-pyrrole nitrogens is 1. The van der Waals surface area contributed by atoms with Crippen molar-refractivity contribution >= 4 is 28.1 Å². The van der Waals surface area contributed by atoms with Crippen molar-refractivity contribution in [1.82, 2.24) is 20.2 Å². The van der Waals surface area contributed by atoms with Gasteiger partial charge in [0.1, 0.15) is 0 Å². The highest BCUT2D eigenvalue weighted by atomic mass is 79.9. The van der Waals surface area contributed by atoms with Crippen LogP contribution in [0.4, 0.5) is 0 Å². The van der Waals surface area contributed by atoms with Crippen LogP contribution in [0.15, 0.2) is 28.7 Å². The summed E-state index contributed by atoms with van der Waals surface area (Å²) in [6.45, 7) is 0. The Morgan fingerprint density at radius 2 is 2.00 bits per heavy atom. The van der Waals surface area contributed by atoms with Crippen LogP contribution >= 0.6 is 28.1 Å². The van der Waals surface area contributed by atoms with Crippen molar-refractivity contribution in [2.45, 2.75) is 0 Å². The van der Waals surface area contributed by atoms with Crippen LogP contribution in [0.3, 0.4) is 0 Å². The number of hydrogen-bond acceptors (Lipinski definition) is 3. The lowest BCUT2D eigenvalue weighted by molar-refractivity contribution is 0.786. The average molecular weight is 257 g/mol. The molecule has 0 radical (unpaired) electrons. The molecule has 1 heterocycles. The van der Waals surface area contributed by atoms with E-state index >= 15 is 0 Å². The Kier molecular flexibility index (Phi) is 2.24. The van der Waals surface area contributed by atoms with Crippen molar-refractivity contribution in [3.63, 3.8) is 0 Å². The van der Waals surface area contributed by atoms with E-state index < -0.39 is 0 Å². The summed E-state index contributed by atoms with van der Waals surface area (Å²) in [5.41, 5.74) is 0.915. The molecule has 66 valence electrons. The summed E-state index contributed by atoms with van der Waals surface area (Å²) in [6.07, 6.45) is 0. The number of benzene rings is 1. The molecule has 0 saturated carbocycles. The van der Waals surface area contributed by atoms with Gasteiger partial charge >= 0.3 is 0 Å². The molecule has 4 nitrogen and oxygen atoms in total. The monoisotopic (exact) mass is 256 g/mol. The zero-order valence-electron chi connectivity index (χ0n) is 6.44. The molecule has 0 aliphatic carbocycles. The molecule has 1 N–H and O–H groups in total. The summed E-state index contributed by atoms with van der Waals surface area (Å²) in [6, 6.07) is 7.69. The third-order valence-electron chi connectivity index (χ3n) is 1.56. The molecule has 0 fully saturated rings. The van der Waals surface area contributed by atoms with E-state index in [1.165, 1.54) is 0 Å². The molecule has 0 unspecified atom stereocenters. The molecule has 0 spiro atoms. The first-order chi connectivity index (χ1) is 6.27. The zero-order chi connectivity index (χ0) is 9.26. The first kappa shape index (κ1) is 8.58. The van der Waals surface area contributed by atoms with Gasteiger partial charge in [-0.3, -0.25) is 0 Å². The maximum atomic E-state index is 4.95. The number of nitrogens with one attached hydrogen (secondary N) is 1. The minimum atomic E-state index is 0.419. The quantitative estimate of drug-likeness (QED) is 0.795. The van der Waals surface area contributed by atoms with Gasteiger partial charge < -0.3 is 0 Å². The summed E-state index contributed by atoms with van der Waals surface area (Å²) in [4.78, 5) is 0. The summed E-state index contributed by atoms with van der Waals surface area (Å²) in [5, 5.41) is 9.95. The van der Waals surface area contributed by atoms with Gasteiger partial charge in [-0.15, -0.1) is 0 Å². The van der Waals surface area contributed by atoms with E-state index in [1.54, 1.807) is 4.68 Å². The Labute approximate surface area is 87.7 Å². The number of tetrazole rings is 1. The Hall–Kier alpha value is -1.01. The Bertz CT molecular complexity index is 458. The van der Waals surface area contributed by atoms with Crippen LogP contribution in [-0.2, 0) is 0 Å². The highest BCUT2D eigenvalue weighted by Crippen LogP contribution is 2.12. The number of rotatable bonds is 1. The van der Waals surface area contributed by atoms with Crippen LogP contribution in [0, 0.1) is 4.77 Å². The molecule has 1 aromatic carbocycles. The number of halogens is 1. The normalized spacial score (nSPS) is 10.2. The summed E-state index contributed by atoms with van der Waals surface area (Å²) < 4.78 is 3.07. The lowest BCUT2D eigenvalue weighted by Gasteiger charge is -1.99. The largest absolute Gasteiger partial charge is 0.242 e. The second kappa shape index (κ2) is 3.39. The van der Waals surface area contributed by atoms with Crippen LogP contribution in [0.25, 0.3) is 5.69 Å². The predicted octanol–water partition coefficient (Wildman–Crippen LogP) is 2.09. The Morgan fingerprint density at radius 3 is 2.54 bits per heavy atom. The first-order valence-corrected chi connectivity index (χ1v) is 4.73. The molecule has 6 heteroatoms. The number of aromatic amines is 1. The number of nitrogens with zero attached hydrogens (tertiary/aromatic N) is 3. The summed E-state index contributed by atoms with van der Waals surface area (Å²) in [5.74, 6) is 0.